The molecule has 28 heavy (non-hydrogen) atoms. The van der Waals surface area contributed by atoms with Crippen LogP contribution in [0, 0.1) is 6.92 Å². The molecule has 0 aliphatic heterocycles. The van der Waals surface area contributed by atoms with Crippen LogP contribution in [0.2, 0.25) is 0 Å². The number of aromatic nitrogens is 1. The van der Waals surface area contributed by atoms with Crippen LogP contribution in [0.25, 0.3) is 10.9 Å². The van der Waals surface area contributed by atoms with E-state index in [1.54, 1.807) is 6.07 Å². The zero-order chi connectivity index (χ0) is 20.3. The molecule has 0 aliphatic rings. The molecule has 0 radical (unpaired) electrons. The molecule has 3 aromatic rings. The maximum Gasteiger partial charge on any atom is 0.416 e. The number of thioether (sulfide) groups is 1. The molecule has 0 amide bonds. The molecule has 1 heterocycles. The smallest absolute Gasteiger partial charge is 0.272 e. The van der Waals surface area contributed by atoms with Gasteiger partial charge in [-0.15, -0.1) is 0 Å². The molecule has 1 aromatic heterocycles. The van der Waals surface area contributed by atoms with Gasteiger partial charge in [-0.2, -0.15) is 24.9 Å². The van der Waals surface area contributed by atoms with E-state index in [-0.39, 0.29) is 11.3 Å². The van der Waals surface area contributed by atoms with Crippen molar-refractivity contribution in [1.29, 1.82) is 0 Å². The fourth-order valence-electron chi connectivity index (χ4n) is 3.13. The molecule has 2 aromatic carbocycles. The second-order valence-corrected chi connectivity index (χ2v) is 7.49. The number of pyridine rings is 1. The first-order chi connectivity index (χ1) is 13.4. The Labute approximate surface area is 166 Å². The van der Waals surface area contributed by atoms with Gasteiger partial charge in [0.1, 0.15) is 0 Å². The Hall–Kier alpha value is -2.25. The number of nitrogens with zero attached hydrogens (tertiary/aromatic N) is 2. The molecule has 0 N–H and O–H groups in total. The molecule has 0 saturated carbocycles. The third-order valence-corrected chi connectivity index (χ3v) is 5.28. The summed E-state index contributed by atoms with van der Waals surface area (Å²) < 4.78 is 40.9. The Morgan fingerprint density at radius 2 is 1.75 bits per heavy atom. The minimum atomic E-state index is -4.43. The fraction of sp³-hybridized carbons (Fsp3) is 0.286. The summed E-state index contributed by atoms with van der Waals surface area (Å²) in [6, 6.07) is 13.5. The summed E-state index contributed by atoms with van der Waals surface area (Å²) >= 11 is 1.44. The Bertz CT molecular complexity index is 976. The highest BCUT2D eigenvalue weighted by Crippen LogP contribution is 2.41. The molecule has 3 rings (SSSR count). The molecular formula is C21H21F3N2OS. The highest BCUT2D eigenvalue weighted by atomic mass is 32.2. The average molecular weight is 406 g/mol. The molecule has 0 aliphatic carbocycles. The first-order valence-electron chi connectivity index (χ1n) is 8.84. The lowest BCUT2D eigenvalue weighted by atomic mass is 10.0. The van der Waals surface area contributed by atoms with Crippen molar-refractivity contribution in [1.82, 2.24) is 4.98 Å². The van der Waals surface area contributed by atoms with Crippen LogP contribution in [-0.2, 0) is 16.8 Å². The summed E-state index contributed by atoms with van der Waals surface area (Å²) in [6.07, 6.45) is -4.43. The van der Waals surface area contributed by atoms with Crippen LogP contribution < -0.4 is 5.06 Å². The lowest BCUT2D eigenvalue weighted by Gasteiger charge is -2.27. The van der Waals surface area contributed by atoms with Gasteiger partial charge in [-0.05, 0) is 49.1 Å². The lowest BCUT2D eigenvalue weighted by molar-refractivity contribution is -0.138. The number of hydrogen-bond donors (Lipinski definition) is 0. The van der Waals surface area contributed by atoms with Gasteiger partial charge in [0.2, 0.25) is 0 Å². The normalized spacial score (nSPS) is 11.8. The van der Waals surface area contributed by atoms with Crippen molar-refractivity contribution in [2.24, 2.45) is 0 Å². The first kappa shape index (κ1) is 20.5. The Kier molecular flexibility index (Phi) is 6.15. The molecule has 7 heteroatoms. The highest BCUT2D eigenvalue weighted by Gasteiger charge is 2.35. The van der Waals surface area contributed by atoms with Crippen LogP contribution in [0.3, 0.4) is 0 Å². The molecule has 0 atom stereocenters. The van der Waals surface area contributed by atoms with Crippen LogP contribution in [0.1, 0.15) is 23.7 Å². The lowest BCUT2D eigenvalue weighted by Crippen LogP contribution is -2.19. The third-order valence-electron chi connectivity index (χ3n) is 4.38. The zero-order valence-electron chi connectivity index (χ0n) is 15.9. The summed E-state index contributed by atoms with van der Waals surface area (Å²) in [4.78, 5) is 10.1. The van der Waals surface area contributed by atoms with E-state index >= 15 is 0 Å². The minimum absolute atomic E-state index is 0.209. The first-order valence-corrected chi connectivity index (χ1v) is 9.99. The molecule has 3 nitrogen and oxygen atoms in total. The van der Waals surface area contributed by atoms with Crippen molar-refractivity contribution in [2.75, 3.05) is 17.9 Å². The highest BCUT2D eigenvalue weighted by molar-refractivity contribution is 7.98. The van der Waals surface area contributed by atoms with E-state index in [0.29, 0.717) is 11.4 Å². The van der Waals surface area contributed by atoms with E-state index in [9.17, 15) is 13.2 Å². The Morgan fingerprint density at radius 1 is 1.04 bits per heavy atom. The summed E-state index contributed by atoms with van der Waals surface area (Å²) in [5.74, 6) is 0.958. The number of aryl methyl sites for hydroxylation is 1. The number of alkyl halides is 3. The van der Waals surface area contributed by atoms with Gasteiger partial charge in [0.05, 0.1) is 29.6 Å². The molecule has 0 unspecified atom stereocenters. The zero-order valence-corrected chi connectivity index (χ0v) is 16.7. The molecule has 0 spiro atoms. The van der Waals surface area contributed by atoms with Crippen LogP contribution in [0.4, 0.5) is 24.5 Å². The van der Waals surface area contributed by atoms with Crippen LogP contribution >= 0.6 is 11.8 Å². The fourth-order valence-corrected chi connectivity index (χ4v) is 3.84. The van der Waals surface area contributed by atoms with Crippen molar-refractivity contribution < 1.29 is 18.0 Å². The van der Waals surface area contributed by atoms with Crippen LogP contribution in [0.15, 0.2) is 48.5 Å². The van der Waals surface area contributed by atoms with E-state index < -0.39 is 11.7 Å². The second kappa shape index (κ2) is 8.41. The number of benzene rings is 2. The Balaban J connectivity index is 2.21. The van der Waals surface area contributed by atoms with E-state index in [2.05, 4.69) is 4.98 Å². The minimum Gasteiger partial charge on any atom is -0.272 e. The number of halogens is 3. The van der Waals surface area contributed by atoms with Gasteiger partial charge in [-0.25, -0.2) is 5.06 Å². The SMILES string of the molecule is CCSCc1c(N(OC)c2cccc3nc(C)ccc23)cccc1C(F)(F)F. The van der Waals surface area contributed by atoms with E-state index in [1.165, 1.54) is 30.0 Å². The van der Waals surface area contributed by atoms with Crippen molar-refractivity contribution in [2.45, 2.75) is 25.8 Å². The van der Waals surface area contributed by atoms with Crippen molar-refractivity contribution in [3.8, 4) is 0 Å². The molecule has 148 valence electrons. The molecule has 0 fully saturated rings. The van der Waals surface area contributed by atoms with Gasteiger partial charge in [-0.1, -0.05) is 19.1 Å². The summed E-state index contributed by atoms with van der Waals surface area (Å²) in [5, 5.41) is 2.27. The van der Waals surface area contributed by atoms with Gasteiger partial charge in [0.15, 0.2) is 0 Å². The second-order valence-electron chi connectivity index (χ2n) is 6.21. The van der Waals surface area contributed by atoms with E-state index in [0.717, 1.165) is 28.4 Å². The largest absolute Gasteiger partial charge is 0.416 e. The van der Waals surface area contributed by atoms with Gasteiger partial charge in [0.25, 0.3) is 0 Å². The number of rotatable bonds is 6. The van der Waals surface area contributed by atoms with E-state index in [1.807, 2.05) is 44.2 Å². The predicted molar refractivity (Wildman–Crippen MR) is 109 cm³/mol. The van der Waals surface area contributed by atoms with Gasteiger partial charge >= 0.3 is 6.18 Å². The van der Waals surface area contributed by atoms with Crippen LogP contribution in [-0.4, -0.2) is 17.8 Å². The van der Waals surface area contributed by atoms with Crippen molar-refractivity contribution in [3.05, 3.63) is 65.4 Å². The maximum atomic E-state index is 13.6. The standard InChI is InChI=1S/C21H21F3N2OS/c1-4-28-13-16-17(21(22,23)24)7-5-9-20(16)26(27-3)19-10-6-8-18-15(19)12-11-14(2)25-18/h5-12H,4,13H2,1-3H3. The molecule has 0 bridgehead atoms. The predicted octanol–water partition coefficient (Wildman–Crippen LogP) is 6.51. The van der Waals surface area contributed by atoms with Crippen molar-refractivity contribution >= 4 is 34.0 Å². The molecule has 0 saturated heterocycles. The summed E-state index contributed by atoms with van der Waals surface area (Å²) in [7, 11) is 1.46. The van der Waals surface area contributed by atoms with Crippen LogP contribution in [0.5, 0.6) is 0 Å². The van der Waals surface area contributed by atoms with Gasteiger partial charge in [-0.3, -0.25) is 9.82 Å². The average Bonchev–Trinajstić information content (AvgIpc) is 2.66. The monoisotopic (exact) mass is 406 g/mol. The van der Waals surface area contributed by atoms with Crippen molar-refractivity contribution in [3.63, 3.8) is 0 Å². The van der Waals surface area contributed by atoms with E-state index in [4.69, 9.17) is 4.84 Å². The topological polar surface area (TPSA) is 25.4 Å². The maximum absolute atomic E-state index is 13.6. The number of fused-ring (bicyclic) bond motifs is 1. The number of hydrogen-bond acceptors (Lipinski definition) is 4. The Morgan fingerprint density at radius 3 is 2.43 bits per heavy atom. The summed E-state index contributed by atoms with van der Waals surface area (Å²) in [5.41, 5.74) is 2.23. The quantitative estimate of drug-likeness (QED) is 0.436. The molecular weight excluding hydrogens is 385 g/mol. The summed E-state index contributed by atoms with van der Waals surface area (Å²) in [6.45, 7) is 3.82. The van der Waals surface area contributed by atoms with Gasteiger partial charge < -0.3 is 0 Å². The third kappa shape index (κ3) is 4.10. The van der Waals surface area contributed by atoms with Gasteiger partial charge in [0, 0.05) is 22.4 Å². The number of anilines is 2.